The highest BCUT2D eigenvalue weighted by molar-refractivity contribution is 4.73. The normalized spacial score (nSPS) is 10.3. The molecule has 0 amide bonds. The minimum Gasteiger partial charge on any atom is -0.380 e. The first kappa shape index (κ1) is 8.27. The number of imidazole rings is 1. The Morgan fingerprint density at radius 3 is 3.00 bits per heavy atom. The molecular weight excluding hydrogens is 140 g/mol. The van der Waals surface area contributed by atoms with E-state index < -0.39 is 0 Å². The van der Waals surface area contributed by atoms with Gasteiger partial charge < -0.3 is 9.30 Å². The third kappa shape index (κ3) is 3.18. The predicted molar refractivity (Wildman–Crippen MR) is 43.3 cm³/mol. The maximum absolute atomic E-state index is 5.31. The Kier molecular flexibility index (Phi) is 3.69. The molecule has 62 valence electrons. The standard InChI is InChI=1S/C8H14N2O/c1-2-6-11-7-5-10-4-3-9-8-10/h3-4,8H,2,5-7H2,1H3. The van der Waals surface area contributed by atoms with Crippen molar-refractivity contribution >= 4 is 0 Å². The molecule has 0 unspecified atom stereocenters. The number of aromatic nitrogens is 2. The number of hydrogen-bond donors (Lipinski definition) is 0. The average Bonchev–Trinajstić information content (AvgIpc) is 2.50. The lowest BCUT2D eigenvalue weighted by Gasteiger charge is -2.02. The van der Waals surface area contributed by atoms with Gasteiger partial charge in [-0.2, -0.15) is 0 Å². The van der Waals surface area contributed by atoms with E-state index in [1.54, 1.807) is 12.5 Å². The zero-order chi connectivity index (χ0) is 7.94. The van der Waals surface area contributed by atoms with E-state index in [2.05, 4.69) is 11.9 Å². The molecule has 0 saturated carbocycles. The lowest BCUT2D eigenvalue weighted by atomic mass is 10.5. The molecule has 3 heteroatoms. The summed E-state index contributed by atoms with van der Waals surface area (Å²) in [7, 11) is 0. The number of rotatable bonds is 5. The van der Waals surface area contributed by atoms with Crippen LogP contribution < -0.4 is 0 Å². The fourth-order valence-electron chi connectivity index (χ4n) is 0.835. The minimum atomic E-state index is 0.782. The summed E-state index contributed by atoms with van der Waals surface area (Å²) >= 11 is 0. The molecule has 1 aromatic heterocycles. The smallest absolute Gasteiger partial charge is 0.0946 e. The highest BCUT2D eigenvalue weighted by Gasteiger charge is 1.88. The summed E-state index contributed by atoms with van der Waals surface area (Å²) in [6, 6.07) is 0. The second kappa shape index (κ2) is 4.91. The van der Waals surface area contributed by atoms with Crippen LogP contribution in [-0.4, -0.2) is 22.8 Å². The van der Waals surface area contributed by atoms with Crippen molar-refractivity contribution in [1.82, 2.24) is 9.55 Å². The topological polar surface area (TPSA) is 27.1 Å². The van der Waals surface area contributed by atoms with Gasteiger partial charge >= 0.3 is 0 Å². The summed E-state index contributed by atoms with van der Waals surface area (Å²) in [5, 5.41) is 0. The highest BCUT2D eigenvalue weighted by Crippen LogP contribution is 1.87. The molecule has 1 rings (SSSR count). The lowest BCUT2D eigenvalue weighted by Crippen LogP contribution is -2.04. The fraction of sp³-hybridized carbons (Fsp3) is 0.625. The molecule has 1 aromatic rings. The summed E-state index contributed by atoms with van der Waals surface area (Å²) < 4.78 is 7.32. The first-order valence-corrected chi connectivity index (χ1v) is 3.97. The van der Waals surface area contributed by atoms with Gasteiger partial charge in [0.15, 0.2) is 0 Å². The van der Waals surface area contributed by atoms with Gasteiger partial charge in [-0.15, -0.1) is 0 Å². The second-order valence-corrected chi connectivity index (χ2v) is 2.41. The molecule has 0 aliphatic carbocycles. The molecule has 0 saturated heterocycles. The Hall–Kier alpha value is -0.830. The zero-order valence-electron chi connectivity index (χ0n) is 6.86. The maximum atomic E-state index is 5.31. The summed E-state index contributed by atoms with van der Waals surface area (Å²) in [5.74, 6) is 0. The van der Waals surface area contributed by atoms with Crippen molar-refractivity contribution < 1.29 is 4.74 Å². The van der Waals surface area contributed by atoms with E-state index in [9.17, 15) is 0 Å². The van der Waals surface area contributed by atoms with E-state index in [1.807, 2.05) is 10.8 Å². The van der Waals surface area contributed by atoms with Crippen LogP contribution in [0, 0.1) is 0 Å². The summed E-state index contributed by atoms with van der Waals surface area (Å²) in [5.41, 5.74) is 0. The van der Waals surface area contributed by atoms with Crippen molar-refractivity contribution in [1.29, 1.82) is 0 Å². The molecule has 11 heavy (non-hydrogen) atoms. The lowest BCUT2D eigenvalue weighted by molar-refractivity contribution is 0.127. The minimum absolute atomic E-state index is 0.782. The SMILES string of the molecule is CCCOCCn1ccnc1. The quantitative estimate of drug-likeness (QED) is 0.598. The van der Waals surface area contributed by atoms with E-state index in [4.69, 9.17) is 4.74 Å². The Balaban J connectivity index is 2.04. The molecular formula is C8H14N2O. The summed E-state index contributed by atoms with van der Waals surface area (Å²) in [6.07, 6.45) is 6.61. The van der Waals surface area contributed by atoms with Crippen LogP contribution in [0.2, 0.25) is 0 Å². The van der Waals surface area contributed by atoms with Gasteiger partial charge in [-0.25, -0.2) is 4.98 Å². The van der Waals surface area contributed by atoms with Gasteiger partial charge in [0.2, 0.25) is 0 Å². The molecule has 0 aromatic carbocycles. The number of ether oxygens (including phenoxy) is 1. The van der Waals surface area contributed by atoms with E-state index in [-0.39, 0.29) is 0 Å². The van der Waals surface area contributed by atoms with Gasteiger partial charge in [-0.1, -0.05) is 6.92 Å². The highest BCUT2D eigenvalue weighted by atomic mass is 16.5. The summed E-state index contributed by atoms with van der Waals surface area (Å²) in [4.78, 5) is 3.93. The van der Waals surface area contributed by atoms with Gasteiger partial charge in [0, 0.05) is 25.5 Å². The number of nitrogens with zero attached hydrogens (tertiary/aromatic N) is 2. The molecule has 0 spiro atoms. The van der Waals surface area contributed by atoms with Crippen LogP contribution in [0.1, 0.15) is 13.3 Å². The van der Waals surface area contributed by atoms with E-state index in [0.717, 1.165) is 26.2 Å². The van der Waals surface area contributed by atoms with E-state index >= 15 is 0 Å². The van der Waals surface area contributed by atoms with Crippen LogP contribution in [0.25, 0.3) is 0 Å². The van der Waals surface area contributed by atoms with Crippen molar-refractivity contribution in [2.75, 3.05) is 13.2 Å². The molecule has 0 N–H and O–H groups in total. The fourth-order valence-corrected chi connectivity index (χ4v) is 0.835. The van der Waals surface area contributed by atoms with Crippen molar-refractivity contribution in [3.63, 3.8) is 0 Å². The Labute approximate surface area is 67.0 Å². The molecule has 0 bridgehead atoms. The van der Waals surface area contributed by atoms with Crippen LogP contribution in [0.3, 0.4) is 0 Å². The Morgan fingerprint density at radius 2 is 2.36 bits per heavy atom. The van der Waals surface area contributed by atoms with Gasteiger partial charge in [-0.05, 0) is 6.42 Å². The van der Waals surface area contributed by atoms with Gasteiger partial charge in [-0.3, -0.25) is 0 Å². The van der Waals surface area contributed by atoms with Crippen LogP contribution in [0.15, 0.2) is 18.7 Å². The monoisotopic (exact) mass is 154 g/mol. The largest absolute Gasteiger partial charge is 0.380 e. The van der Waals surface area contributed by atoms with Gasteiger partial charge in [0.25, 0.3) is 0 Å². The first-order valence-electron chi connectivity index (χ1n) is 3.97. The molecule has 1 heterocycles. The van der Waals surface area contributed by atoms with Crippen LogP contribution in [0.5, 0.6) is 0 Å². The molecule has 0 aliphatic heterocycles. The van der Waals surface area contributed by atoms with Crippen molar-refractivity contribution in [3.8, 4) is 0 Å². The molecule has 3 nitrogen and oxygen atoms in total. The summed E-state index contributed by atoms with van der Waals surface area (Å²) in [6.45, 7) is 4.65. The first-order chi connectivity index (χ1) is 5.43. The molecule has 0 radical (unpaired) electrons. The Morgan fingerprint density at radius 1 is 1.45 bits per heavy atom. The van der Waals surface area contributed by atoms with Crippen LogP contribution in [0.4, 0.5) is 0 Å². The Bertz CT molecular complexity index is 172. The third-order valence-electron chi connectivity index (χ3n) is 1.40. The van der Waals surface area contributed by atoms with E-state index in [0.29, 0.717) is 0 Å². The van der Waals surface area contributed by atoms with E-state index in [1.165, 1.54) is 0 Å². The van der Waals surface area contributed by atoms with Gasteiger partial charge in [0.1, 0.15) is 0 Å². The third-order valence-corrected chi connectivity index (χ3v) is 1.40. The average molecular weight is 154 g/mol. The van der Waals surface area contributed by atoms with Crippen LogP contribution in [-0.2, 0) is 11.3 Å². The van der Waals surface area contributed by atoms with Gasteiger partial charge in [0.05, 0.1) is 12.9 Å². The number of hydrogen-bond acceptors (Lipinski definition) is 2. The van der Waals surface area contributed by atoms with Crippen LogP contribution >= 0.6 is 0 Å². The molecule has 0 aliphatic rings. The maximum Gasteiger partial charge on any atom is 0.0946 e. The molecule has 0 fully saturated rings. The van der Waals surface area contributed by atoms with Crippen molar-refractivity contribution in [3.05, 3.63) is 18.7 Å². The zero-order valence-corrected chi connectivity index (χ0v) is 6.86. The van der Waals surface area contributed by atoms with Crippen molar-refractivity contribution in [2.45, 2.75) is 19.9 Å². The van der Waals surface area contributed by atoms with Crippen molar-refractivity contribution in [2.24, 2.45) is 0 Å². The predicted octanol–water partition coefficient (Wildman–Crippen LogP) is 1.31. The second-order valence-electron chi connectivity index (χ2n) is 2.41. The molecule has 0 atom stereocenters.